The maximum Gasteiger partial charge on any atom is 0.138 e. The van der Waals surface area contributed by atoms with Crippen LogP contribution >= 0.6 is 0 Å². The van der Waals surface area contributed by atoms with Crippen LogP contribution in [-0.2, 0) is 0 Å². The van der Waals surface area contributed by atoms with Crippen molar-refractivity contribution in [3.05, 3.63) is 158 Å². The van der Waals surface area contributed by atoms with Gasteiger partial charge in [-0.1, -0.05) is 78.9 Å². The van der Waals surface area contributed by atoms with Crippen LogP contribution in [0.4, 0.5) is 17.1 Å². The molecule has 4 heteroatoms. The zero-order valence-corrected chi connectivity index (χ0v) is 24.2. The highest BCUT2D eigenvalue weighted by atomic mass is 16.3. The fourth-order valence-corrected chi connectivity index (χ4v) is 6.34. The van der Waals surface area contributed by atoms with Crippen molar-refractivity contribution in [3.8, 4) is 22.3 Å². The van der Waals surface area contributed by atoms with Crippen LogP contribution < -0.4 is 4.90 Å². The molecular formula is C41H26N2O2. The lowest BCUT2D eigenvalue weighted by atomic mass is 10.0. The first-order chi connectivity index (χ1) is 22.3. The van der Waals surface area contributed by atoms with Crippen molar-refractivity contribution in [2.24, 2.45) is 0 Å². The monoisotopic (exact) mass is 578 g/mol. The van der Waals surface area contributed by atoms with Crippen LogP contribution in [0.15, 0.2) is 167 Å². The molecule has 0 atom stereocenters. The third-order valence-corrected chi connectivity index (χ3v) is 8.58. The number of hydrogen-bond donors (Lipinski definition) is 0. The lowest BCUT2D eigenvalue weighted by Crippen LogP contribution is -2.09. The van der Waals surface area contributed by atoms with E-state index in [1.165, 1.54) is 11.1 Å². The average Bonchev–Trinajstić information content (AvgIpc) is 3.67. The van der Waals surface area contributed by atoms with Gasteiger partial charge in [-0.05, 0) is 89.0 Å². The molecule has 0 spiro atoms. The number of rotatable bonds is 5. The van der Waals surface area contributed by atoms with Crippen LogP contribution in [0.3, 0.4) is 0 Å². The Morgan fingerprint density at radius 2 is 0.911 bits per heavy atom. The largest absolute Gasteiger partial charge is 0.456 e. The van der Waals surface area contributed by atoms with Gasteiger partial charge in [0.1, 0.15) is 22.3 Å². The van der Waals surface area contributed by atoms with Gasteiger partial charge >= 0.3 is 0 Å². The van der Waals surface area contributed by atoms with Crippen LogP contribution in [0.1, 0.15) is 0 Å². The number of hydrogen-bond acceptors (Lipinski definition) is 4. The summed E-state index contributed by atoms with van der Waals surface area (Å²) in [6.45, 7) is 0. The normalized spacial score (nSPS) is 11.6. The fourth-order valence-electron chi connectivity index (χ4n) is 6.34. The third-order valence-electron chi connectivity index (χ3n) is 8.58. The Hall–Kier alpha value is -6.13. The molecule has 4 nitrogen and oxygen atoms in total. The van der Waals surface area contributed by atoms with Gasteiger partial charge in [0.05, 0.1) is 0 Å². The molecular weight excluding hydrogens is 552 g/mol. The Kier molecular flexibility index (Phi) is 5.78. The Balaban J connectivity index is 1.15. The molecule has 9 aromatic rings. The minimum atomic E-state index is 0.851. The van der Waals surface area contributed by atoms with Gasteiger partial charge in [0.15, 0.2) is 0 Å². The van der Waals surface area contributed by atoms with Crippen LogP contribution in [0.2, 0.25) is 0 Å². The summed E-state index contributed by atoms with van der Waals surface area (Å²) in [6, 6.07) is 50.9. The number of fused-ring (bicyclic) bond motifs is 6. The van der Waals surface area contributed by atoms with E-state index >= 15 is 0 Å². The molecule has 6 aromatic carbocycles. The summed E-state index contributed by atoms with van der Waals surface area (Å²) in [5, 5.41) is 4.31. The second-order valence-corrected chi connectivity index (χ2v) is 11.3. The first-order valence-electron chi connectivity index (χ1n) is 15.0. The number of pyridine rings is 1. The van der Waals surface area contributed by atoms with Crippen molar-refractivity contribution in [3.63, 3.8) is 0 Å². The third kappa shape index (κ3) is 4.35. The summed E-state index contributed by atoms with van der Waals surface area (Å²) < 4.78 is 12.2. The second-order valence-electron chi connectivity index (χ2n) is 11.3. The minimum Gasteiger partial charge on any atom is -0.456 e. The van der Waals surface area contributed by atoms with Crippen LogP contribution in [0.5, 0.6) is 0 Å². The van der Waals surface area contributed by atoms with Crippen LogP contribution in [-0.4, -0.2) is 4.98 Å². The van der Waals surface area contributed by atoms with Gasteiger partial charge in [0, 0.05) is 51.0 Å². The van der Waals surface area contributed by atoms with Crippen molar-refractivity contribution < 1.29 is 8.83 Å². The Bertz CT molecular complexity index is 2470. The molecule has 0 N–H and O–H groups in total. The number of benzene rings is 6. The molecule has 3 aromatic heterocycles. The van der Waals surface area contributed by atoms with Gasteiger partial charge in [-0.25, -0.2) is 0 Å². The first kappa shape index (κ1) is 25.4. The van der Waals surface area contributed by atoms with E-state index in [2.05, 4.69) is 125 Å². The highest BCUT2D eigenvalue weighted by Crippen LogP contribution is 2.40. The molecule has 0 unspecified atom stereocenters. The number of para-hydroxylation sites is 1. The predicted molar refractivity (Wildman–Crippen MR) is 184 cm³/mol. The van der Waals surface area contributed by atoms with Crippen molar-refractivity contribution in [1.82, 2.24) is 4.98 Å². The molecule has 9 rings (SSSR count). The van der Waals surface area contributed by atoms with Crippen molar-refractivity contribution in [2.45, 2.75) is 0 Å². The number of furan rings is 2. The second kappa shape index (κ2) is 10.2. The summed E-state index contributed by atoms with van der Waals surface area (Å²) >= 11 is 0. The lowest BCUT2D eigenvalue weighted by molar-refractivity contribution is 0.668. The topological polar surface area (TPSA) is 42.4 Å². The van der Waals surface area contributed by atoms with Crippen molar-refractivity contribution in [2.75, 3.05) is 4.90 Å². The average molecular weight is 579 g/mol. The van der Waals surface area contributed by atoms with Gasteiger partial charge in [-0.15, -0.1) is 0 Å². The molecule has 0 aliphatic rings. The first-order valence-corrected chi connectivity index (χ1v) is 15.0. The summed E-state index contributed by atoms with van der Waals surface area (Å²) in [6.07, 6.45) is 3.63. The Labute approximate surface area is 259 Å². The van der Waals surface area contributed by atoms with E-state index < -0.39 is 0 Å². The van der Waals surface area contributed by atoms with E-state index in [0.717, 1.165) is 72.1 Å². The molecule has 3 heterocycles. The summed E-state index contributed by atoms with van der Waals surface area (Å²) in [7, 11) is 0. The lowest BCUT2D eigenvalue weighted by Gasteiger charge is -2.26. The van der Waals surface area contributed by atoms with E-state index in [4.69, 9.17) is 8.83 Å². The zero-order valence-electron chi connectivity index (χ0n) is 24.2. The molecule has 0 bridgehead atoms. The number of anilines is 3. The fraction of sp³-hybridized carbons (Fsp3) is 0. The van der Waals surface area contributed by atoms with Gasteiger partial charge in [0.2, 0.25) is 0 Å². The quantitative estimate of drug-likeness (QED) is 0.204. The highest BCUT2D eigenvalue weighted by molar-refractivity contribution is 6.07. The van der Waals surface area contributed by atoms with Gasteiger partial charge in [-0.2, -0.15) is 0 Å². The molecule has 0 radical (unpaired) electrons. The maximum absolute atomic E-state index is 6.15. The molecule has 45 heavy (non-hydrogen) atoms. The van der Waals surface area contributed by atoms with Gasteiger partial charge < -0.3 is 13.7 Å². The van der Waals surface area contributed by atoms with Crippen molar-refractivity contribution in [1.29, 1.82) is 0 Å². The SMILES string of the molecule is c1ccc(-c2ccc(N(c3ccc(-c4ccc5oc6ccncc6c5c4)cc3)c3ccc4oc5ccccc5c4c3)cc2)cc1. The van der Waals surface area contributed by atoms with E-state index in [-0.39, 0.29) is 0 Å². The summed E-state index contributed by atoms with van der Waals surface area (Å²) in [5.41, 5.74) is 11.3. The van der Waals surface area contributed by atoms with E-state index in [9.17, 15) is 0 Å². The molecule has 0 fully saturated rings. The Morgan fingerprint density at radius 3 is 1.67 bits per heavy atom. The smallest absolute Gasteiger partial charge is 0.138 e. The standard InChI is InChI=1S/C41H26N2O2/c1-2-6-27(7-3-1)28-10-15-31(16-11-28)43(33-19-21-40-36(25-33)34-8-4-5-9-38(34)44-40)32-17-12-29(13-18-32)30-14-20-39-35(24-30)37-26-42-23-22-41(37)45-39/h1-26H. The summed E-state index contributed by atoms with van der Waals surface area (Å²) in [5.74, 6) is 0. The predicted octanol–water partition coefficient (Wildman–Crippen LogP) is 11.7. The van der Waals surface area contributed by atoms with E-state index in [1.54, 1.807) is 6.20 Å². The van der Waals surface area contributed by atoms with Crippen LogP contribution in [0, 0.1) is 0 Å². The van der Waals surface area contributed by atoms with Crippen LogP contribution in [0.25, 0.3) is 66.1 Å². The number of aromatic nitrogens is 1. The zero-order chi connectivity index (χ0) is 29.7. The molecule has 0 aliphatic carbocycles. The highest BCUT2D eigenvalue weighted by Gasteiger charge is 2.16. The van der Waals surface area contributed by atoms with E-state index in [0.29, 0.717) is 0 Å². The Morgan fingerprint density at radius 1 is 0.378 bits per heavy atom. The number of nitrogens with zero attached hydrogens (tertiary/aromatic N) is 2. The molecule has 0 amide bonds. The van der Waals surface area contributed by atoms with E-state index in [1.807, 2.05) is 36.5 Å². The molecule has 0 saturated carbocycles. The molecule has 0 saturated heterocycles. The van der Waals surface area contributed by atoms with Gasteiger partial charge in [0.25, 0.3) is 0 Å². The summed E-state index contributed by atoms with van der Waals surface area (Å²) in [4.78, 5) is 6.61. The maximum atomic E-state index is 6.15. The van der Waals surface area contributed by atoms with Gasteiger partial charge in [-0.3, -0.25) is 4.98 Å². The molecule has 212 valence electrons. The molecule has 0 aliphatic heterocycles. The van der Waals surface area contributed by atoms with Crippen molar-refractivity contribution >= 4 is 60.9 Å². The minimum absolute atomic E-state index is 0.851.